The van der Waals surface area contributed by atoms with Crippen molar-refractivity contribution in [2.75, 3.05) is 5.32 Å². The molecule has 0 saturated heterocycles. The fourth-order valence-electron chi connectivity index (χ4n) is 2.60. The van der Waals surface area contributed by atoms with Crippen molar-refractivity contribution < 1.29 is 9.59 Å². The van der Waals surface area contributed by atoms with Gasteiger partial charge in [0, 0.05) is 28.4 Å². The molecule has 2 N–H and O–H groups in total. The van der Waals surface area contributed by atoms with Gasteiger partial charge in [-0.3, -0.25) is 9.59 Å². The van der Waals surface area contributed by atoms with Gasteiger partial charge in [-0.1, -0.05) is 11.6 Å². The highest BCUT2D eigenvalue weighted by atomic mass is 16.1. The predicted octanol–water partition coefficient (Wildman–Crippen LogP) is 3.86. The molecule has 0 atom stereocenters. The van der Waals surface area contributed by atoms with Crippen LogP contribution in [-0.2, 0) is 11.2 Å². The van der Waals surface area contributed by atoms with Gasteiger partial charge in [0.05, 0.1) is 6.42 Å². The van der Waals surface area contributed by atoms with Crippen LogP contribution in [0, 0.1) is 6.92 Å². The Morgan fingerprint density at radius 2 is 1.83 bits per heavy atom. The number of benzene rings is 2. The number of amides is 1. The Kier molecular flexibility index (Phi) is 3.98. The van der Waals surface area contributed by atoms with Crippen molar-refractivity contribution in [3.63, 3.8) is 0 Å². The third kappa shape index (κ3) is 3.31. The molecule has 0 radical (unpaired) electrons. The number of carbonyl (C=O) groups excluding carboxylic acids is 2. The van der Waals surface area contributed by atoms with Crippen molar-refractivity contribution in [1.29, 1.82) is 0 Å². The molecule has 0 aliphatic rings. The molecule has 4 nitrogen and oxygen atoms in total. The van der Waals surface area contributed by atoms with Crippen LogP contribution >= 0.6 is 0 Å². The minimum atomic E-state index is -0.0806. The van der Waals surface area contributed by atoms with Gasteiger partial charge in [0.2, 0.25) is 5.91 Å². The van der Waals surface area contributed by atoms with E-state index in [0.717, 1.165) is 16.5 Å². The van der Waals surface area contributed by atoms with Gasteiger partial charge in [-0.25, -0.2) is 0 Å². The molecule has 1 heterocycles. The zero-order chi connectivity index (χ0) is 16.4. The monoisotopic (exact) mass is 306 g/mol. The number of rotatable bonds is 4. The molecule has 0 unspecified atom stereocenters. The molecule has 4 heteroatoms. The summed E-state index contributed by atoms with van der Waals surface area (Å²) in [5.74, 6) is -0.0694. The van der Waals surface area contributed by atoms with E-state index in [1.807, 2.05) is 25.3 Å². The minimum absolute atomic E-state index is 0.0111. The molecular weight excluding hydrogens is 288 g/mol. The molecule has 1 aromatic heterocycles. The van der Waals surface area contributed by atoms with Crippen molar-refractivity contribution in [1.82, 2.24) is 4.98 Å². The first-order valence-electron chi connectivity index (χ1n) is 7.50. The predicted molar refractivity (Wildman–Crippen MR) is 91.8 cm³/mol. The molecule has 3 rings (SSSR count). The number of hydrogen-bond acceptors (Lipinski definition) is 2. The van der Waals surface area contributed by atoms with E-state index in [0.29, 0.717) is 17.7 Å². The third-order valence-electron chi connectivity index (χ3n) is 3.85. The van der Waals surface area contributed by atoms with Crippen molar-refractivity contribution >= 4 is 28.3 Å². The van der Waals surface area contributed by atoms with Crippen LogP contribution in [0.15, 0.2) is 48.7 Å². The summed E-state index contributed by atoms with van der Waals surface area (Å²) in [7, 11) is 0. The molecule has 0 fully saturated rings. The molecule has 3 aromatic rings. The third-order valence-corrected chi connectivity index (χ3v) is 3.85. The number of fused-ring (bicyclic) bond motifs is 1. The van der Waals surface area contributed by atoms with Gasteiger partial charge in [-0.05, 0) is 55.8 Å². The van der Waals surface area contributed by atoms with E-state index in [9.17, 15) is 9.59 Å². The summed E-state index contributed by atoms with van der Waals surface area (Å²) in [4.78, 5) is 26.7. The number of aromatic amines is 1. The normalized spacial score (nSPS) is 10.7. The molecule has 0 aliphatic carbocycles. The van der Waals surface area contributed by atoms with Crippen LogP contribution in [0.2, 0.25) is 0 Å². The summed E-state index contributed by atoms with van der Waals surface area (Å²) in [6.45, 7) is 3.56. The molecule has 0 aliphatic heterocycles. The van der Waals surface area contributed by atoms with Gasteiger partial charge >= 0.3 is 0 Å². The lowest BCUT2D eigenvalue weighted by Gasteiger charge is -2.05. The minimum Gasteiger partial charge on any atom is -0.361 e. The molecule has 0 spiro atoms. The van der Waals surface area contributed by atoms with E-state index in [4.69, 9.17) is 0 Å². The van der Waals surface area contributed by atoms with Crippen molar-refractivity contribution in [3.8, 4) is 0 Å². The van der Waals surface area contributed by atoms with E-state index >= 15 is 0 Å². The Morgan fingerprint density at radius 3 is 2.52 bits per heavy atom. The highest BCUT2D eigenvalue weighted by Gasteiger charge is 2.09. The first kappa shape index (κ1) is 15.0. The van der Waals surface area contributed by atoms with E-state index < -0.39 is 0 Å². The zero-order valence-electron chi connectivity index (χ0n) is 13.1. The Hall–Kier alpha value is -2.88. The number of ketones is 1. The second-order valence-corrected chi connectivity index (χ2v) is 5.72. The largest absolute Gasteiger partial charge is 0.361 e. The molecule has 0 bridgehead atoms. The highest BCUT2D eigenvalue weighted by molar-refractivity contribution is 5.97. The lowest BCUT2D eigenvalue weighted by atomic mass is 10.1. The first-order valence-corrected chi connectivity index (χ1v) is 7.50. The van der Waals surface area contributed by atoms with Crippen LogP contribution in [-0.4, -0.2) is 16.7 Å². The number of H-pyrrole nitrogens is 1. The van der Waals surface area contributed by atoms with Crippen LogP contribution in [0.4, 0.5) is 5.69 Å². The number of Topliss-reactive ketones (excluding diaryl/α,β-unsaturated/α-hetero) is 1. The van der Waals surface area contributed by atoms with E-state index in [-0.39, 0.29) is 11.7 Å². The molecule has 2 aromatic carbocycles. The van der Waals surface area contributed by atoms with Crippen LogP contribution in [0.5, 0.6) is 0 Å². The summed E-state index contributed by atoms with van der Waals surface area (Å²) in [5, 5.41) is 3.94. The van der Waals surface area contributed by atoms with Gasteiger partial charge in [0.25, 0.3) is 0 Å². The Labute approximate surface area is 134 Å². The van der Waals surface area contributed by atoms with Crippen LogP contribution in [0.3, 0.4) is 0 Å². The highest BCUT2D eigenvalue weighted by Crippen LogP contribution is 2.20. The first-order chi connectivity index (χ1) is 11.0. The van der Waals surface area contributed by atoms with Gasteiger partial charge in [-0.15, -0.1) is 0 Å². The number of aromatic nitrogens is 1. The Morgan fingerprint density at radius 1 is 1.09 bits per heavy atom. The number of nitrogens with one attached hydrogen (secondary N) is 2. The lowest BCUT2D eigenvalue weighted by Crippen LogP contribution is -2.14. The molecule has 1 amide bonds. The SMILES string of the molecule is CC(=O)c1ccc(NC(=O)Cc2c[nH]c3ccc(C)cc23)cc1. The summed E-state index contributed by atoms with van der Waals surface area (Å²) in [6.07, 6.45) is 2.18. The van der Waals surface area contributed by atoms with Gasteiger partial charge in [0.15, 0.2) is 5.78 Å². The maximum atomic E-state index is 12.2. The number of hydrogen-bond donors (Lipinski definition) is 2. The van der Waals surface area contributed by atoms with Crippen molar-refractivity contribution in [2.45, 2.75) is 20.3 Å². The average molecular weight is 306 g/mol. The maximum absolute atomic E-state index is 12.2. The fourth-order valence-corrected chi connectivity index (χ4v) is 2.60. The smallest absolute Gasteiger partial charge is 0.228 e. The molecular formula is C19H18N2O2. The van der Waals surface area contributed by atoms with Crippen molar-refractivity contribution in [2.24, 2.45) is 0 Å². The quantitative estimate of drug-likeness (QED) is 0.719. The number of anilines is 1. The van der Waals surface area contributed by atoms with Crippen LogP contribution < -0.4 is 5.32 Å². The summed E-state index contributed by atoms with van der Waals surface area (Å²) in [6, 6.07) is 13.1. The maximum Gasteiger partial charge on any atom is 0.228 e. The second kappa shape index (κ2) is 6.08. The lowest BCUT2D eigenvalue weighted by molar-refractivity contribution is -0.115. The molecule has 116 valence electrons. The van der Waals surface area contributed by atoms with Crippen LogP contribution in [0.1, 0.15) is 28.4 Å². The average Bonchev–Trinajstić information content (AvgIpc) is 2.90. The summed E-state index contributed by atoms with van der Waals surface area (Å²) in [5.41, 5.74) is 4.50. The topological polar surface area (TPSA) is 62.0 Å². The fraction of sp³-hybridized carbons (Fsp3) is 0.158. The summed E-state index contributed by atoms with van der Waals surface area (Å²) >= 11 is 0. The zero-order valence-corrected chi connectivity index (χ0v) is 13.1. The number of aryl methyl sites for hydroxylation is 1. The standard InChI is InChI=1S/C19H18N2O2/c1-12-3-8-18-17(9-12)15(11-20-18)10-19(23)21-16-6-4-14(5-7-16)13(2)22/h3-9,11,20H,10H2,1-2H3,(H,21,23). The van der Waals surface area contributed by atoms with E-state index in [1.54, 1.807) is 24.3 Å². The van der Waals surface area contributed by atoms with Crippen molar-refractivity contribution in [3.05, 3.63) is 65.4 Å². The second-order valence-electron chi connectivity index (χ2n) is 5.72. The Bertz CT molecular complexity index is 876. The number of carbonyl (C=O) groups is 2. The molecule has 0 saturated carbocycles. The Balaban J connectivity index is 1.73. The summed E-state index contributed by atoms with van der Waals surface area (Å²) < 4.78 is 0. The van der Waals surface area contributed by atoms with Gasteiger partial charge < -0.3 is 10.3 Å². The van der Waals surface area contributed by atoms with Gasteiger partial charge in [0.1, 0.15) is 0 Å². The van der Waals surface area contributed by atoms with E-state index in [1.165, 1.54) is 12.5 Å². The van der Waals surface area contributed by atoms with Crippen LogP contribution in [0.25, 0.3) is 10.9 Å². The van der Waals surface area contributed by atoms with Gasteiger partial charge in [-0.2, -0.15) is 0 Å². The van der Waals surface area contributed by atoms with E-state index in [2.05, 4.69) is 16.4 Å². The molecule has 23 heavy (non-hydrogen) atoms.